The lowest BCUT2D eigenvalue weighted by Gasteiger charge is -2.10. The molecular formula is C16H11Cl2IN2. The van der Waals surface area contributed by atoms with Crippen molar-refractivity contribution >= 4 is 45.8 Å². The van der Waals surface area contributed by atoms with Gasteiger partial charge in [-0.15, -0.1) is 0 Å². The topological polar surface area (TPSA) is 17.8 Å². The molecule has 0 bridgehead atoms. The zero-order valence-electron chi connectivity index (χ0n) is 10.9. The van der Waals surface area contributed by atoms with Crippen LogP contribution in [-0.4, -0.2) is 9.55 Å². The molecule has 3 aromatic rings. The van der Waals surface area contributed by atoms with Crippen molar-refractivity contribution in [2.24, 2.45) is 0 Å². The molecule has 1 aromatic heterocycles. The molecule has 3 rings (SSSR count). The Morgan fingerprint density at radius 3 is 2.57 bits per heavy atom. The summed E-state index contributed by atoms with van der Waals surface area (Å²) < 4.78 is 3.27. The van der Waals surface area contributed by atoms with Crippen LogP contribution in [0.1, 0.15) is 5.56 Å². The van der Waals surface area contributed by atoms with E-state index in [-0.39, 0.29) is 0 Å². The maximum absolute atomic E-state index is 6.26. The number of benzene rings is 2. The summed E-state index contributed by atoms with van der Waals surface area (Å²) >= 11 is 14.6. The number of imidazole rings is 1. The summed E-state index contributed by atoms with van der Waals surface area (Å²) in [5.41, 5.74) is 2.06. The molecule has 0 saturated heterocycles. The van der Waals surface area contributed by atoms with Gasteiger partial charge in [0.25, 0.3) is 0 Å². The second kappa shape index (κ2) is 6.38. The van der Waals surface area contributed by atoms with Crippen LogP contribution in [0.2, 0.25) is 10.0 Å². The first-order valence-corrected chi connectivity index (χ1v) is 8.18. The molecule has 0 aliphatic carbocycles. The van der Waals surface area contributed by atoms with Crippen molar-refractivity contribution < 1.29 is 0 Å². The van der Waals surface area contributed by atoms with Crippen LogP contribution in [0.4, 0.5) is 0 Å². The van der Waals surface area contributed by atoms with Gasteiger partial charge in [-0.2, -0.15) is 0 Å². The van der Waals surface area contributed by atoms with Crippen molar-refractivity contribution in [3.05, 3.63) is 74.0 Å². The number of hydrogen-bond donors (Lipinski definition) is 0. The van der Waals surface area contributed by atoms with E-state index >= 15 is 0 Å². The molecule has 0 saturated carbocycles. The van der Waals surface area contributed by atoms with Crippen LogP contribution in [0, 0.1) is 3.57 Å². The summed E-state index contributed by atoms with van der Waals surface area (Å²) in [5, 5.41) is 1.17. The average molecular weight is 429 g/mol. The van der Waals surface area contributed by atoms with Gasteiger partial charge in [0.15, 0.2) is 0 Å². The van der Waals surface area contributed by atoms with Crippen molar-refractivity contribution in [1.29, 1.82) is 0 Å². The Hall–Kier alpha value is -1.04. The van der Waals surface area contributed by atoms with Gasteiger partial charge in [0, 0.05) is 21.5 Å². The molecule has 106 valence electrons. The normalized spacial score (nSPS) is 10.8. The van der Waals surface area contributed by atoms with Crippen molar-refractivity contribution in [1.82, 2.24) is 9.55 Å². The van der Waals surface area contributed by atoms with Gasteiger partial charge in [0.1, 0.15) is 5.82 Å². The van der Waals surface area contributed by atoms with Crippen molar-refractivity contribution in [2.45, 2.75) is 6.54 Å². The number of nitrogens with zero attached hydrogens (tertiary/aromatic N) is 2. The van der Waals surface area contributed by atoms with Crippen molar-refractivity contribution in [3.8, 4) is 11.4 Å². The molecule has 0 atom stereocenters. The van der Waals surface area contributed by atoms with E-state index in [0.717, 1.165) is 17.0 Å². The number of halogens is 3. The molecule has 2 nitrogen and oxygen atoms in total. The van der Waals surface area contributed by atoms with Crippen LogP contribution in [0.5, 0.6) is 0 Å². The number of aromatic nitrogens is 2. The van der Waals surface area contributed by atoms with Gasteiger partial charge in [-0.3, -0.25) is 0 Å². The van der Waals surface area contributed by atoms with Crippen LogP contribution < -0.4 is 0 Å². The van der Waals surface area contributed by atoms with Crippen LogP contribution >= 0.6 is 45.8 Å². The molecule has 0 radical (unpaired) electrons. The summed E-state index contributed by atoms with van der Waals surface area (Å²) in [6.45, 7) is 0.640. The van der Waals surface area contributed by atoms with E-state index in [1.165, 1.54) is 3.57 Å². The standard InChI is InChI=1S/C16H11Cl2IN2/c17-14-3-1-2-12(15(14)18)10-21-9-8-20-16(21)11-4-6-13(19)7-5-11/h1-9H,10H2. The van der Waals surface area contributed by atoms with Crippen LogP contribution in [-0.2, 0) is 6.54 Å². The SMILES string of the molecule is Clc1cccc(Cn2ccnc2-c2ccc(I)cc2)c1Cl. The van der Waals surface area contributed by atoms with Crippen molar-refractivity contribution in [3.63, 3.8) is 0 Å². The highest BCUT2D eigenvalue weighted by atomic mass is 127. The fraction of sp³-hybridized carbons (Fsp3) is 0.0625. The molecule has 0 amide bonds. The average Bonchev–Trinajstić information content (AvgIpc) is 2.93. The summed E-state index contributed by atoms with van der Waals surface area (Å²) in [5.74, 6) is 0.919. The van der Waals surface area contributed by atoms with Gasteiger partial charge >= 0.3 is 0 Å². The lowest BCUT2D eigenvalue weighted by molar-refractivity contribution is 0.807. The molecule has 21 heavy (non-hydrogen) atoms. The lowest BCUT2D eigenvalue weighted by Crippen LogP contribution is -2.02. The highest BCUT2D eigenvalue weighted by Crippen LogP contribution is 2.27. The molecule has 0 aliphatic rings. The monoisotopic (exact) mass is 428 g/mol. The Labute approximate surface area is 146 Å². The fourth-order valence-corrected chi connectivity index (χ4v) is 2.89. The highest BCUT2D eigenvalue weighted by Gasteiger charge is 2.09. The molecule has 2 aromatic carbocycles. The molecule has 1 heterocycles. The van der Waals surface area contributed by atoms with E-state index in [9.17, 15) is 0 Å². The Kier molecular flexibility index (Phi) is 4.52. The predicted octanol–water partition coefficient (Wildman–Crippen LogP) is 5.51. The minimum atomic E-state index is 0.574. The smallest absolute Gasteiger partial charge is 0.140 e. The van der Waals surface area contributed by atoms with E-state index in [1.807, 2.05) is 18.3 Å². The third-order valence-electron chi connectivity index (χ3n) is 3.19. The highest BCUT2D eigenvalue weighted by molar-refractivity contribution is 14.1. The first-order chi connectivity index (χ1) is 10.1. The summed E-state index contributed by atoms with van der Waals surface area (Å²) in [7, 11) is 0. The van der Waals surface area contributed by atoms with Gasteiger partial charge in [-0.25, -0.2) is 4.98 Å². The van der Waals surface area contributed by atoms with Gasteiger partial charge in [-0.1, -0.05) is 47.5 Å². The zero-order valence-corrected chi connectivity index (χ0v) is 14.6. The lowest BCUT2D eigenvalue weighted by atomic mass is 10.2. The number of rotatable bonds is 3. The third-order valence-corrected chi connectivity index (χ3v) is 4.77. The minimum Gasteiger partial charge on any atom is -0.327 e. The summed E-state index contributed by atoms with van der Waals surface area (Å²) in [6.07, 6.45) is 3.75. The minimum absolute atomic E-state index is 0.574. The van der Waals surface area contributed by atoms with Crippen LogP contribution in [0.3, 0.4) is 0 Å². The number of hydrogen-bond acceptors (Lipinski definition) is 1. The van der Waals surface area contributed by atoms with Gasteiger partial charge in [0.2, 0.25) is 0 Å². The summed E-state index contributed by atoms with van der Waals surface area (Å²) in [4.78, 5) is 4.45. The second-order valence-corrected chi connectivity index (χ2v) is 6.63. The Morgan fingerprint density at radius 2 is 1.81 bits per heavy atom. The third kappa shape index (κ3) is 3.25. The fourth-order valence-electron chi connectivity index (χ4n) is 2.15. The molecule has 0 N–H and O–H groups in total. The van der Waals surface area contributed by atoms with E-state index in [1.54, 1.807) is 12.3 Å². The Bertz CT molecular complexity index is 766. The first-order valence-electron chi connectivity index (χ1n) is 6.35. The van der Waals surface area contributed by atoms with E-state index in [2.05, 4.69) is 56.4 Å². The Morgan fingerprint density at radius 1 is 1.05 bits per heavy atom. The van der Waals surface area contributed by atoms with Crippen LogP contribution in [0.25, 0.3) is 11.4 Å². The Balaban J connectivity index is 1.96. The largest absolute Gasteiger partial charge is 0.327 e. The maximum Gasteiger partial charge on any atom is 0.140 e. The quantitative estimate of drug-likeness (QED) is 0.503. The molecular weight excluding hydrogens is 418 g/mol. The second-order valence-electron chi connectivity index (χ2n) is 4.60. The molecule has 0 unspecified atom stereocenters. The maximum atomic E-state index is 6.26. The zero-order chi connectivity index (χ0) is 14.8. The van der Waals surface area contributed by atoms with Crippen LogP contribution in [0.15, 0.2) is 54.9 Å². The molecule has 5 heteroatoms. The molecule has 0 aliphatic heterocycles. The first kappa shape index (κ1) is 14.9. The van der Waals surface area contributed by atoms with Gasteiger partial charge in [-0.05, 0) is 46.4 Å². The molecule has 0 fully saturated rings. The van der Waals surface area contributed by atoms with Crippen molar-refractivity contribution in [2.75, 3.05) is 0 Å². The summed E-state index contributed by atoms with van der Waals surface area (Å²) in [6, 6.07) is 14.0. The van der Waals surface area contributed by atoms with Gasteiger partial charge < -0.3 is 4.57 Å². The predicted molar refractivity (Wildman–Crippen MR) is 95.9 cm³/mol. The molecule has 0 spiro atoms. The van der Waals surface area contributed by atoms with E-state index in [0.29, 0.717) is 16.6 Å². The van der Waals surface area contributed by atoms with E-state index < -0.39 is 0 Å². The van der Waals surface area contributed by atoms with E-state index in [4.69, 9.17) is 23.2 Å². The van der Waals surface area contributed by atoms with Gasteiger partial charge in [0.05, 0.1) is 16.6 Å².